The molecule has 5 nitrogen and oxygen atoms in total. The summed E-state index contributed by atoms with van der Waals surface area (Å²) in [4.78, 5) is 10.9. The minimum Gasteiger partial charge on any atom is -0.385 e. The lowest BCUT2D eigenvalue weighted by atomic mass is 10.2. The van der Waals surface area contributed by atoms with Crippen molar-refractivity contribution in [3.63, 3.8) is 0 Å². The van der Waals surface area contributed by atoms with Crippen molar-refractivity contribution in [3.05, 3.63) is 34.3 Å². The molecule has 0 spiro atoms. The van der Waals surface area contributed by atoms with Gasteiger partial charge in [0, 0.05) is 17.5 Å². The van der Waals surface area contributed by atoms with Crippen LogP contribution in [0.25, 0.3) is 0 Å². The van der Waals surface area contributed by atoms with Gasteiger partial charge in [-0.05, 0) is 18.6 Å². The predicted molar refractivity (Wildman–Crippen MR) is 78.4 cm³/mol. The molecule has 1 aromatic carbocycles. The van der Waals surface area contributed by atoms with Crippen LogP contribution >= 0.6 is 11.6 Å². The van der Waals surface area contributed by atoms with E-state index in [1.54, 1.807) is 0 Å². The standard InChI is InChI=1S/C13H15ClN4O/c1-8-3-4-10(11(14)5-8)7-17-18-13(16)6-12(15)9(2)19/h3-5,7,15H,6H2,1-2H3,(H2,16,18). The Kier molecular flexibility index (Phi) is 5.38. The van der Waals surface area contributed by atoms with Crippen molar-refractivity contribution in [1.82, 2.24) is 0 Å². The first-order valence-corrected chi connectivity index (χ1v) is 5.98. The summed E-state index contributed by atoms with van der Waals surface area (Å²) in [6, 6.07) is 5.55. The van der Waals surface area contributed by atoms with E-state index < -0.39 is 0 Å². The molecular weight excluding hydrogens is 264 g/mol. The first kappa shape index (κ1) is 15.0. The third kappa shape index (κ3) is 5.01. The molecule has 0 radical (unpaired) electrons. The number of carbonyl (C=O) groups excluding carboxylic acids is 1. The third-order valence-electron chi connectivity index (χ3n) is 2.32. The lowest BCUT2D eigenvalue weighted by Crippen LogP contribution is -2.20. The fourth-order valence-corrected chi connectivity index (χ4v) is 1.53. The van der Waals surface area contributed by atoms with Gasteiger partial charge in [-0.3, -0.25) is 4.79 Å². The Bertz CT molecular complexity index is 564. The zero-order valence-electron chi connectivity index (χ0n) is 10.8. The first-order valence-electron chi connectivity index (χ1n) is 5.60. The Labute approximate surface area is 116 Å². The molecular formula is C13H15ClN4O. The van der Waals surface area contributed by atoms with E-state index in [2.05, 4.69) is 10.2 Å². The number of hydrogen-bond acceptors (Lipinski definition) is 4. The number of hydrogen-bond donors (Lipinski definition) is 2. The third-order valence-corrected chi connectivity index (χ3v) is 2.65. The molecule has 6 heteroatoms. The number of nitrogens with two attached hydrogens (primary N) is 1. The highest BCUT2D eigenvalue weighted by Gasteiger charge is 2.05. The summed E-state index contributed by atoms with van der Waals surface area (Å²) in [6.45, 7) is 3.25. The molecule has 0 atom stereocenters. The predicted octanol–water partition coefficient (Wildman–Crippen LogP) is 2.34. The smallest absolute Gasteiger partial charge is 0.173 e. The molecule has 0 heterocycles. The molecule has 100 valence electrons. The van der Waals surface area contributed by atoms with Crippen molar-refractivity contribution < 1.29 is 4.79 Å². The maximum atomic E-state index is 10.9. The highest BCUT2D eigenvalue weighted by atomic mass is 35.5. The van der Waals surface area contributed by atoms with Gasteiger partial charge < -0.3 is 11.1 Å². The topological polar surface area (TPSA) is 91.7 Å². The number of ketones is 1. The van der Waals surface area contributed by atoms with Gasteiger partial charge in [0.2, 0.25) is 0 Å². The molecule has 1 rings (SSSR count). The van der Waals surface area contributed by atoms with Crippen LogP contribution in [-0.2, 0) is 4.79 Å². The number of carbonyl (C=O) groups is 1. The van der Waals surface area contributed by atoms with E-state index in [9.17, 15) is 4.79 Å². The maximum absolute atomic E-state index is 10.9. The fraction of sp³-hybridized carbons (Fsp3) is 0.231. The molecule has 0 aliphatic carbocycles. The number of nitrogens with zero attached hydrogens (tertiary/aromatic N) is 2. The fourth-order valence-electron chi connectivity index (χ4n) is 1.24. The molecule has 0 aromatic heterocycles. The molecule has 19 heavy (non-hydrogen) atoms. The van der Waals surface area contributed by atoms with Crippen LogP contribution < -0.4 is 5.73 Å². The number of rotatable bonds is 5. The average molecular weight is 279 g/mol. The lowest BCUT2D eigenvalue weighted by Gasteiger charge is -1.99. The van der Waals surface area contributed by atoms with Gasteiger partial charge in [-0.1, -0.05) is 23.7 Å². The summed E-state index contributed by atoms with van der Waals surface area (Å²) in [6.07, 6.45) is 1.47. The van der Waals surface area contributed by atoms with Crippen molar-refractivity contribution in [1.29, 1.82) is 5.41 Å². The number of halogens is 1. The van der Waals surface area contributed by atoms with E-state index >= 15 is 0 Å². The molecule has 0 unspecified atom stereocenters. The summed E-state index contributed by atoms with van der Waals surface area (Å²) in [5.74, 6) is -0.219. The molecule has 0 amide bonds. The minimum absolute atomic E-state index is 0.00565. The maximum Gasteiger partial charge on any atom is 0.173 e. The van der Waals surface area contributed by atoms with E-state index in [0.29, 0.717) is 5.02 Å². The number of Topliss-reactive ketones (excluding diaryl/α,β-unsaturated/α-hetero) is 1. The second-order valence-electron chi connectivity index (χ2n) is 4.07. The molecule has 0 aliphatic heterocycles. The van der Waals surface area contributed by atoms with Crippen LogP contribution in [0.1, 0.15) is 24.5 Å². The minimum atomic E-state index is -0.330. The Balaban J connectivity index is 2.71. The Morgan fingerprint density at radius 3 is 2.79 bits per heavy atom. The van der Waals surface area contributed by atoms with Gasteiger partial charge in [0.15, 0.2) is 5.78 Å². The van der Waals surface area contributed by atoms with Gasteiger partial charge in [0.1, 0.15) is 5.84 Å². The van der Waals surface area contributed by atoms with Crippen molar-refractivity contribution >= 4 is 35.1 Å². The van der Waals surface area contributed by atoms with Crippen LogP contribution in [0.3, 0.4) is 0 Å². The van der Waals surface area contributed by atoms with E-state index in [1.165, 1.54) is 13.1 Å². The van der Waals surface area contributed by atoms with Crippen LogP contribution in [0.4, 0.5) is 0 Å². The summed E-state index contributed by atoms with van der Waals surface area (Å²) in [5.41, 5.74) is 7.24. The second kappa shape index (κ2) is 6.80. The number of aryl methyl sites for hydroxylation is 1. The van der Waals surface area contributed by atoms with Crippen LogP contribution in [0.2, 0.25) is 5.02 Å². The van der Waals surface area contributed by atoms with E-state index in [0.717, 1.165) is 11.1 Å². The Hall–Kier alpha value is -2.01. The molecule has 0 saturated heterocycles. The SMILES string of the molecule is CC(=O)C(=N)CC(N)=NN=Cc1ccc(C)cc1Cl. The molecule has 0 bridgehead atoms. The summed E-state index contributed by atoms with van der Waals surface area (Å²) in [7, 11) is 0. The molecule has 0 fully saturated rings. The van der Waals surface area contributed by atoms with Crippen LogP contribution in [0, 0.1) is 12.3 Å². The molecule has 0 aliphatic rings. The molecule has 3 N–H and O–H groups in total. The van der Waals surface area contributed by atoms with Gasteiger partial charge in [0.25, 0.3) is 0 Å². The van der Waals surface area contributed by atoms with Crippen LogP contribution in [0.5, 0.6) is 0 Å². The molecule has 0 saturated carbocycles. The van der Waals surface area contributed by atoms with E-state index in [-0.39, 0.29) is 23.8 Å². The van der Waals surface area contributed by atoms with Crippen molar-refractivity contribution in [2.75, 3.05) is 0 Å². The first-order chi connectivity index (χ1) is 8.90. The highest BCUT2D eigenvalue weighted by Crippen LogP contribution is 2.15. The Morgan fingerprint density at radius 1 is 1.53 bits per heavy atom. The average Bonchev–Trinajstić information content (AvgIpc) is 2.31. The monoisotopic (exact) mass is 278 g/mol. The zero-order chi connectivity index (χ0) is 14.4. The van der Waals surface area contributed by atoms with Crippen molar-refractivity contribution in [2.45, 2.75) is 20.3 Å². The quantitative estimate of drug-likeness (QED) is 0.491. The van der Waals surface area contributed by atoms with Crippen LogP contribution in [0.15, 0.2) is 28.4 Å². The van der Waals surface area contributed by atoms with Gasteiger partial charge in [0.05, 0.1) is 18.3 Å². The van der Waals surface area contributed by atoms with Crippen LogP contribution in [-0.4, -0.2) is 23.5 Å². The zero-order valence-corrected chi connectivity index (χ0v) is 11.5. The van der Waals surface area contributed by atoms with Crippen molar-refractivity contribution in [2.24, 2.45) is 15.9 Å². The number of nitrogens with one attached hydrogen (secondary N) is 1. The largest absolute Gasteiger partial charge is 0.385 e. The van der Waals surface area contributed by atoms with Gasteiger partial charge in [-0.25, -0.2) is 0 Å². The van der Waals surface area contributed by atoms with Gasteiger partial charge in [-0.15, -0.1) is 5.10 Å². The lowest BCUT2D eigenvalue weighted by molar-refractivity contribution is -0.111. The molecule has 1 aromatic rings. The van der Waals surface area contributed by atoms with Gasteiger partial charge in [-0.2, -0.15) is 5.10 Å². The highest BCUT2D eigenvalue weighted by molar-refractivity contribution is 6.40. The second-order valence-corrected chi connectivity index (χ2v) is 4.48. The van der Waals surface area contributed by atoms with E-state index in [1.807, 2.05) is 25.1 Å². The van der Waals surface area contributed by atoms with E-state index in [4.69, 9.17) is 22.7 Å². The normalized spacial score (nSPS) is 11.8. The Morgan fingerprint density at radius 2 is 2.21 bits per heavy atom. The van der Waals surface area contributed by atoms with Gasteiger partial charge >= 0.3 is 0 Å². The summed E-state index contributed by atoms with van der Waals surface area (Å²) in [5, 5.41) is 15.4. The number of benzene rings is 1. The number of amidine groups is 1. The summed E-state index contributed by atoms with van der Waals surface area (Å²) >= 11 is 6.02. The summed E-state index contributed by atoms with van der Waals surface area (Å²) < 4.78 is 0. The van der Waals surface area contributed by atoms with Crippen molar-refractivity contribution in [3.8, 4) is 0 Å².